The molecule has 1 rings (SSSR count). The highest BCUT2D eigenvalue weighted by Gasteiger charge is 2.25. The van der Waals surface area contributed by atoms with Crippen molar-refractivity contribution in [3.8, 4) is 0 Å². The smallest absolute Gasteiger partial charge is 0.222 e. The number of carbonyl (C=O) groups excluding carboxylic acids is 1. The molecule has 1 amide bonds. The molecule has 2 N–H and O–H groups in total. The molecule has 5 nitrogen and oxygen atoms in total. The number of nitrogens with one attached hydrogen (secondary N) is 2. The maximum atomic E-state index is 11.7. The minimum absolute atomic E-state index is 0. The third-order valence-corrected chi connectivity index (χ3v) is 4.83. The van der Waals surface area contributed by atoms with Gasteiger partial charge in [-0.05, 0) is 18.8 Å². The van der Waals surface area contributed by atoms with Crippen LogP contribution in [0, 0.1) is 5.92 Å². The zero-order valence-electron chi connectivity index (χ0n) is 16.6. The van der Waals surface area contributed by atoms with Gasteiger partial charge in [-0.25, -0.2) is 0 Å². The highest BCUT2D eigenvalue weighted by molar-refractivity contribution is 14.0. The zero-order valence-corrected chi connectivity index (χ0v) is 19.0. The number of nitrogens with zero attached hydrogens (tertiary/aromatic N) is 2. The number of halogens is 1. The van der Waals surface area contributed by atoms with Gasteiger partial charge in [-0.2, -0.15) is 0 Å². The maximum Gasteiger partial charge on any atom is 0.222 e. The van der Waals surface area contributed by atoms with Crippen LogP contribution in [0.5, 0.6) is 0 Å². The molecule has 1 heterocycles. The summed E-state index contributed by atoms with van der Waals surface area (Å²) in [5.41, 5.74) is 0. The van der Waals surface area contributed by atoms with E-state index < -0.39 is 0 Å². The number of amides is 1. The second-order valence-electron chi connectivity index (χ2n) is 7.08. The van der Waals surface area contributed by atoms with Gasteiger partial charge in [-0.3, -0.25) is 9.79 Å². The molecule has 0 aromatic carbocycles. The Morgan fingerprint density at radius 1 is 1.24 bits per heavy atom. The molecule has 0 aliphatic carbocycles. The Morgan fingerprint density at radius 3 is 2.60 bits per heavy atom. The van der Waals surface area contributed by atoms with E-state index in [9.17, 15) is 4.79 Å². The lowest BCUT2D eigenvalue weighted by molar-refractivity contribution is -0.129. The number of rotatable bonds is 10. The van der Waals surface area contributed by atoms with Crippen molar-refractivity contribution < 1.29 is 4.79 Å². The van der Waals surface area contributed by atoms with Crippen LogP contribution in [0.15, 0.2) is 4.99 Å². The highest BCUT2D eigenvalue weighted by atomic mass is 127. The minimum Gasteiger partial charge on any atom is -0.356 e. The molecule has 1 aliphatic rings. The van der Waals surface area contributed by atoms with Crippen LogP contribution in [0.2, 0.25) is 0 Å². The molecule has 1 fully saturated rings. The van der Waals surface area contributed by atoms with E-state index in [1.54, 1.807) is 0 Å². The van der Waals surface area contributed by atoms with Crippen molar-refractivity contribution in [2.75, 3.05) is 26.7 Å². The van der Waals surface area contributed by atoms with Gasteiger partial charge in [0.15, 0.2) is 5.96 Å². The molecule has 2 unspecified atom stereocenters. The quantitative estimate of drug-likeness (QED) is 0.223. The monoisotopic (exact) mass is 466 g/mol. The van der Waals surface area contributed by atoms with Gasteiger partial charge < -0.3 is 15.5 Å². The number of carbonyl (C=O) groups is 1. The fraction of sp³-hybridized carbons (Fsp3) is 0.895. The molecule has 0 aromatic rings. The third kappa shape index (κ3) is 10.3. The second kappa shape index (κ2) is 14.6. The van der Waals surface area contributed by atoms with E-state index in [1.807, 2.05) is 18.9 Å². The first-order chi connectivity index (χ1) is 11.6. The summed E-state index contributed by atoms with van der Waals surface area (Å²) in [6, 6.07) is 0.316. The van der Waals surface area contributed by atoms with Gasteiger partial charge in [0.25, 0.3) is 0 Å². The van der Waals surface area contributed by atoms with Gasteiger partial charge in [0, 0.05) is 39.1 Å². The van der Waals surface area contributed by atoms with Crippen molar-refractivity contribution in [1.82, 2.24) is 15.5 Å². The van der Waals surface area contributed by atoms with Gasteiger partial charge in [-0.15, -0.1) is 24.0 Å². The molecule has 6 heteroatoms. The van der Waals surface area contributed by atoms with E-state index in [1.165, 1.54) is 38.5 Å². The molecular formula is C19H39IN4O. The van der Waals surface area contributed by atoms with E-state index in [0.717, 1.165) is 32.0 Å². The largest absolute Gasteiger partial charge is 0.356 e. The summed E-state index contributed by atoms with van der Waals surface area (Å²) in [6.07, 6.45) is 9.59. The summed E-state index contributed by atoms with van der Waals surface area (Å²) < 4.78 is 0. The summed E-state index contributed by atoms with van der Waals surface area (Å²) in [5.74, 6) is 1.77. The summed E-state index contributed by atoms with van der Waals surface area (Å²) in [5, 5.41) is 6.90. The van der Waals surface area contributed by atoms with Crippen LogP contribution < -0.4 is 10.6 Å². The number of likely N-dealkylation sites (tertiary alicyclic amines) is 1. The first-order valence-electron chi connectivity index (χ1n) is 9.85. The molecule has 148 valence electrons. The fourth-order valence-corrected chi connectivity index (χ4v) is 3.19. The first kappa shape index (κ1) is 24.5. The summed E-state index contributed by atoms with van der Waals surface area (Å²) >= 11 is 0. The molecule has 0 spiro atoms. The van der Waals surface area contributed by atoms with E-state index in [2.05, 4.69) is 29.5 Å². The standard InChI is InChI=1S/C19H38N4O.HI/c1-5-7-8-9-10-11-16(3)14-21-19(20-4)22-17-12-13-23(15-17)18(24)6-2;/h16-17H,5-15H2,1-4H3,(H2,20,21,22);1H. The predicted molar refractivity (Wildman–Crippen MR) is 118 cm³/mol. The highest BCUT2D eigenvalue weighted by Crippen LogP contribution is 2.12. The summed E-state index contributed by atoms with van der Waals surface area (Å²) in [6.45, 7) is 9.09. The molecule has 1 saturated heterocycles. The van der Waals surface area contributed by atoms with Gasteiger partial charge in [0.1, 0.15) is 0 Å². The Bertz CT molecular complexity index is 390. The molecule has 2 atom stereocenters. The summed E-state index contributed by atoms with van der Waals surface area (Å²) in [7, 11) is 1.81. The number of hydrogen-bond donors (Lipinski definition) is 2. The van der Waals surface area contributed by atoms with Crippen molar-refractivity contribution in [2.24, 2.45) is 10.9 Å². The molecule has 25 heavy (non-hydrogen) atoms. The van der Waals surface area contributed by atoms with Crippen molar-refractivity contribution in [2.45, 2.75) is 78.2 Å². The van der Waals surface area contributed by atoms with Crippen LogP contribution in [-0.2, 0) is 4.79 Å². The lowest BCUT2D eigenvalue weighted by Gasteiger charge is -2.20. The minimum atomic E-state index is 0. The van der Waals surface area contributed by atoms with E-state index in [-0.39, 0.29) is 29.9 Å². The van der Waals surface area contributed by atoms with Crippen molar-refractivity contribution in [3.05, 3.63) is 0 Å². The van der Waals surface area contributed by atoms with Crippen molar-refractivity contribution in [3.63, 3.8) is 0 Å². The lowest BCUT2D eigenvalue weighted by Crippen LogP contribution is -2.46. The fourth-order valence-electron chi connectivity index (χ4n) is 3.19. The number of hydrogen-bond acceptors (Lipinski definition) is 2. The van der Waals surface area contributed by atoms with E-state index >= 15 is 0 Å². The Labute approximate surface area is 171 Å². The van der Waals surface area contributed by atoms with Gasteiger partial charge in [0.05, 0.1) is 0 Å². The molecule has 0 saturated carbocycles. The summed E-state index contributed by atoms with van der Waals surface area (Å²) in [4.78, 5) is 18.0. The van der Waals surface area contributed by atoms with Gasteiger partial charge >= 0.3 is 0 Å². The van der Waals surface area contributed by atoms with Crippen LogP contribution in [0.25, 0.3) is 0 Å². The Balaban J connectivity index is 0.00000576. The SMILES string of the molecule is CCCCCCCC(C)CNC(=NC)NC1CCN(C(=O)CC)C1.I. The molecular weight excluding hydrogens is 427 g/mol. The number of aliphatic imine (C=N–C) groups is 1. The average molecular weight is 466 g/mol. The molecule has 0 aromatic heterocycles. The van der Waals surface area contributed by atoms with Crippen molar-refractivity contribution in [1.29, 1.82) is 0 Å². The molecule has 0 bridgehead atoms. The average Bonchev–Trinajstić information content (AvgIpc) is 3.06. The van der Waals surface area contributed by atoms with E-state index in [0.29, 0.717) is 18.4 Å². The third-order valence-electron chi connectivity index (χ3n) is 4.83. The number of guanidine groups is 1. The van der Waals surface area contributed by atoms with Crippen LogP contribution in [0.1, 0.15) is 72.1 Å². The van der Waals surface area contributed by atoms with Crippen LogP contribution >= 0.6 is 24.0 Å². The van der Waals surface area contributed by atoms with Gasteiger partial charge in [0.2, 0.25) is 5.91 Å². The van der Waals surface area contributed by atoms with Crippen LogP contribution in [0.3, 0.4) is 0 Å². The Hall–Kier alpha value is -0.530. The predicted octanol–water partition coefficient (Wildman–Crippen LogP) is 3.78. The zero-order chi connectivity index (χ0) is 17.8. The van der Waals surface area contributed by atoms with Crippen LogP contribution in [-0.4, -0.2) is 49.5 Å². The topological polar surface area (TPSA) is 56.7 Å². The second-order valence-corrected chi connectivity index (χ2v) is 7.08. The Kier molecular flexibility index (Phi) is 14.3. The first-order valence-corrected chi connectivity index (χ1v) is 9.85. The molecule has 0 radical (unpaired) electrons. The van der Waals surface area contributed by atoms with Gasteiger partial charge in [-0.1, -0.05) is 52.9 Å². The normalized spacial score (nSPS) is 18.6. The lowest BCUT2D eigenvalue weighted by atomic mass is 10.0. The van der Waals surface area contributed by atoms with E-state index in [4.69, 9.17) is 0 Å². The Morgan fingerprint density at radius 2 is 1.96 bits per heavy atom. The maximum absolute atomic E-state index is 11.7. The molecule has 1 aliphatic heterocycles. The van der Waals surface area contributed by atoms with Crippen molar-refractivity contribution >= 4 is 35.8 Å². The number of unbranched alkanes of at least 4 members (excludes halogenated alkanes) is 4. The van der Waals surface area contributed by atoms with Crippen LogP contribution in [0.4, 0.5) is 0 Å².